The second-order valence-corrected chi connectivity index (χ2v) is 8.94. The molecule has 8 heteroatoms. The lowest BCUT2D eigenvalue weighted by Crippen LogP contribution is -2.40. The zero-order chi connectivity index (χ0) is 24.2. The van der Waals surface area contributed by atoms with E-state index in [0.717, 1.165) is 28.1 Å². The van der Waals surface area contributed by atoms with Gasteiger partial charge in [-0.05, 0) is 51.9 Å². The van der Waals surface area contributed by atoms with Gasteiger partial charge in [-0.25, -0.2) is 0 Å². The average Bonchev–Trinajstić information content (AvgIpc) is 3.53. The molecule has 0 spiro atoms. The normalized spacial score (nSPS) is 16.1. The third kappa shape index (κ3) is 6.54. The molecule has 1 amide bonds. The van der Waals surface area contributed by atoms with E-state index in [1.165, 1.54) is 0 Å². The zero-order valence-electron chi connectivity index (χ0n) is 20.1. The first kappa shape index (κ1) is 24.7. The number of benzene rings is 1. The van der Waals surface area contributed by atoms with Gasteiger partial charge in [0, 0.05) is 24.9 Å². The first-order valence-electron chi connectivity index (χ1n) is 11.0. The van der Waals surface area contributed by atoms with Gasteiger partial charge in [-0.1, -0.05) is 36.0 Å². The van der Waals surface area contributed by atoms with Gasteiger partial charge >= 0.3 is 0 Å². The van der Waals surface area contributed by atoms with E-state index in [9.17, 15) is 9.90 Å². The molecule has 33 heavy (non-hydrogen) atoms. The Balaban J connectivity index is 1.64. The van der Waals surface area contributed by atoms with Gasteiger partial charge in [0.15, 0.2) is 6.23 Å². The Kier molecular flexibility index (Phi) is 7.73. The number of carbonyl (C=O) groups is 1. The second kappa shape index (κ2) is 10.3. The molecule has 0 saturated carbocycles. The molecule has 0 bridgehead atoms. The predicted octanol–water partition coefficient (Wildman–Crippen LogP) is 2.95. The lowest BCUT2D eigenvalue weighted by atomic mass is 9.96. The number of epoxide rings is 1. The fraction of sp³-hybridized carbons (Fsp3) is 0.440. The van der Waals surface area contributed by atoms with E-state index in [1.807, 2.05) is 50.1 Å². The first-order valence-corrected chi connectivity index (χ1v) is 11.0. The topological polar surface area (TPSA) is 94.4 Å². The van der Waals surface area contributed by atoms with Crippen LogP contribution in [-0.4, -0.2) is 52.4 Å². The zero-order valence-corrected chi connectivity index (χ0v) is 20.1. The number of likely N-dealkylation sites (N-methyl/N-ethyl adjacent to an activating group) is 1. The minimum Gasteiger partial charge on any atom is -0.386 e. The SMILES string of the molecule is C=C/C(=C\NCc1c(C)noc1C)N(C(=O)CN(C)Cc1cccc(C(C)(C)O)c1)C1CO1. The van der Waals surface area contributed by atoms with Crippen LogP contribution >= 0.6 is 0 Å². The van der Waals surface area contributed by atoms with Crippen LogP contribution in [0.1, 0.15) is 42.0 Å². The standard InChI is InChI=1S/C25H34N4O4/c1-7-21(12-26-13-22-17(2)27-33-18(22)3)29(24-16-32-24)23(30)15-28(6)14-19-9-8-10-20(11-19)25(4,5)31/h7-12,24,26,31H,1,13-16H2,2-6H3/b21-12+. The van der Waals surface area contributed by atoms with Crippen molar-refractivity contribution >= 4 is 5.91 Å². The molecular formula is C25H34N4O4. The molecule has 1 aromatic heterocycles. The van der Waals surface area contributed by atoms with Gasteiger partial charge in [-0.15, -0.1) is 0 Å². The number of amides is 1. The Labute approximate surface area is 195 Å². The highest BCUT2D eigenvalue weighted by atomic mass is 16.6. The fourth-order valence-electron chi connectivity index (χ4n) is 3.63. The second-order valence-electron chi connectivity index (χ2n) is 8.94. The van der Waals surface area contributed by atoms with Crippen molar-refractivity contribution in [1.82, 2.24) is 20.3 Å². The Bertz CT molecular complexity index is 998. The molecule has 1 atom stereocenters. The van der Waals surface area contributed by atoms with Crippen molar-refractivity contribution < 1.29 is 19.2 Å². The maximum absolute atomic E-state index is 13.2. The molecule has 0 aliphatic carbocycles. The van der Waals surface area contributed by atoms with Crippen LogP contribution in [0.2, 0.25) is 0 Å². The number of nitrogens with one attached hydrogen (secondary N) is 1. The van der Waals surface area contributed by atoms with Crippen molar-refractivity contribution in [2.75, 3.05) is 20.2 Å². The van der Waals surface area contributed by atoms with Gasteiger partial charge in [0.25, 0.3) is 0 Å². The highest BCUT2D eigenvalue weighted by Gasteiger charge is 2.36. The van der Waals surface area contributed by atoms with Crippen LogP contribution in [0, 0.1) is 13.8 Å². The summed E-state index contributed by atoms with van der Waals surface area (Å²) in [7, 11) is 1.90. The lowest BCUT2D eigenvalue weighted by Gasteiger charge is -2.25. The number of carbonyl (C=O) groups excluding carboxylic acids is 1. The molecule has 1 fully saturated rings. The molecule has 3 rings (SSSR count). The maximum Gasteiger partial charge on any atom is 0.243 e. The quantitative estimate of drug-likeness (QED) is 0.398. The van der Waals surface area contributed by atoms with Gasteiger partial charge in [0.05, 0.1) is 30.1 Å². The molecule has 2 heterocycles. The summed E-state index contributed by atoms with van der Waals surface area (Å²) in [6.45, 7) is 13.0. The summed E-state index contributed by atoms with van der Waals surface area (Å²) in [6.07, 6.45) is 3.13. The predicted molar refractivity (Wildman–Crippen MR) is 126 cm³/mol. The van der Waals surface area contributed by atoms with Crippen molar-refractivity contribution in [1.29, 1.82) is 0 Å². The molecule has 1 aliphatic rings. The molecule has 0 radical (unpaired) electrons. The van der Waals surface area contributed by atoms with E-state index >= 15 is 0 Å². The number of hydrogen-bond acceptors (Lipinski definition) is 7. The highest BCUT2D eigenvalue weighted by Crippen LogP contribution is 2.23. The van der Waals surface area contributed by atoms with Crippen LogP contribution in [0.15, 0.2) is 53.3 Å². The number of rotatable bonds is 11. The van der Waals surface area contributed by atoms with Crippen molar-refractivity contribution in [3.8, 4) is 0 Å². The summed E-state index contributed by atoms with van der Waals surface area (Å²) in [5, 5.41) is 17.5. The van der Waals surface area contributed by atoms with E-state index in [2.05, 4.69) is 17.1 Å². The molecule has 8 nitrogen and oxygen atoms in total. The van der Waals surface area contributed by atoms with E-state index in [0.29, 0.717) is 25.4 Å². The van der Waals surface area contributed by atoms with E-state index in [4.69, 9.17) is 9.26 Å². The number of ether oxygens (including phenoxy) is 1. The third-order valence-electron chi connectivity index (χ3n) is 5.56. The van der Waals surface area contributed by atoms with Crippen LogP contribution in [0.25, 0.3) is 0 Å². The van der Waals surface area contributed by atoms with Gasteiger partial charge in [-0.3, -0.25) is 14.6 Å². The summed E-state index contributed by atoms with van der Waals surface area (Å²) in [5.41, 5.74) is 3.43. The molecule has 1 aliphatic heterocycles. The molecular weight excluding hydrogens is 420 g/mol. The third-order valence-corrected chi connectivity index (χ3v) is 5.56. The number of aryl methyl sites for hydroxylation is 2. The monoisotopic (exact) mass is 454 g/mol. The van der Waals surface area contributed by atoms with Crippen LogP contribution in [0.3, 0.4) is 0 Å². The van der Waals surface area contributed by atoms with E-state index < -0.39 is 5.60 Å². The van der Waals surface area contributed by atoms with Gasteiger partial charge in [-0.2, -0.15) is 0 Å². The number of hydrogen-bond donors (Lipinski definition) is 2. The molecule has 1 saturated heterocycles. The Morgan fingerprint density at radius 3 is 2.70 bits per heavy atom. The Hall–Kier alpha value is -2.94. The lowest BCUT2D eigenvalue weighted by molar-refractivity contribution is -0.131. The molecule has 1 aromatic carbocycles. The van der Waals surface area contributed by atoms with Crippen molar-refractivity contribution in [2.45, 2.75) is 52.6 Å². The molecule has 2 N–H and O–H groups in total. The number of aromatic nitrogens is 1. The molecule has 1 unspecified atom stereocenters. The van der Waals surface area contributed by atoms with E-state index in [-0.39, 0.29) is 18.7 Å². The number of nitrogens with zero attached hydrogens (tertiary/aromatic N) is 3. The van der Waals surface area contributed by atoms with Crippen molar-refractivity contribution in [2.24, 2.45) is 0 Å². The summed E-state index contributed by atoms with van der Waals surface area (Å²) in [4.78, 5) is 16.8. The summed E-state index contributed by atoms with van der Waals surface area (Å²) >= 11 is 0. The Morgan fingerprint density at radius 1 is 1.39 bits per heavy atom. The number of allylic oxidation sites excluding steroid dienone is 1. The van der Waals surface area contributed by atoms with Crippen molar-refractivity contribution in [3.05, 3.63) is 77.0 Å². The first-order chi connectivity index (χ1) is 15.6. The highest BCUT2D eigenvalue weighted by molar-refractivity contribution is 5.81. The van der Waals surface area contributed by atoms with Gasteiger partial charge < -0.3 is 19.7 Å². The van der Waals surface area contributed by atoms with Crippen LogP contribution in [-0.2, 0) is 28.2 Å². The largest absolute Gasteiger partial charge is 0.386 e. The van der Waals surface area contributed by atoms with Crippen LogP contribution < -0.4 is 5.32 Å². The Morgan fingerprint density at radius 2 is 2.12 bits per heavy atom. The average molecular weight is 455 g/mol. The minimum absolute atomic E-state index is 0.0797. The van der Waals surface area contributed by atoms with E-state index in [1.54, 1.807) is 31.0 Å². The fourth-order valence-corrected chi connectivity index (χ4v) is 3.63. The van der Waals surface area contributed by atoms with Gasteiger partial charge in [0.1, 0.15) is 5.76 Å². The molecule has 178 valence electrons. The van der Waals surface area contributed by atoms with Crippen LogP contribution in [0.5, 0.6) is 0 Å². The smallest absolute Gasteiger partial charge is 0.243 e. The number of aliphatic hydroxyl groups is 1. The van der Waals surface area contributed by atoms with Gasteiger partial charge in [0.2, 0.25) is 5.91 Å². The van der Waals surface area contributed by atoms with Crippen molar-refractivity contribution in [3.63, 3.8) is 0 Å². The maximum atomic E-state index is 13.2. The molecule has 2 aromatic rings. The van der Waals surface area contributed by atoms with Crippen LogP contribution in [0.4, 0.5) is 0 Å². The minimum atomic E-state index is -0.912. The summed E-state index contributed by atoms with van der Waals surface area (Å²) in [5.74, 6) is 0.686. The summed E-state index contributed by atoms with van der Waals surface area (Å²) in [6, 6.07) is 7.78. The summed E-state index contributed by atoms with van der Waals surface area (Å²) < 4.78 is 10.6.